The summed E-state index contributed by atoms with van der Waals surface area (Å²) in [7, 11) is 0. The Balaban J connectivity index is 2.33. The van der Waals surface area contributed by atoms with Crippen molar-refractivity contribution < 1.29 is 19.4 Å². The molecule has 0 amide bonds. The Bertz CT molecular complexity index is 893. The van der Waals surface area contributed by atoms with Crippen LogP contribution in [0.25, 0.3) is 0 Å². The number of aryl methyl sites for hydroxylation is 2. The molecule has 0 bridgehead atoms. The standard InChI is InChI=1S/C21H22N2O4/c1-4-27-19(25)9-8-18(24)20-21(26)15(12-22)10-16(23-20)11-17-13(2)6-5-7-14(17)3/h5-7,10,26H,4,8-9,11H2,1-3H3. The van der Waals surface area contributed by atoms with E-state index in [4.69, 9.17) is 4.74 Å². The molecule has 2 rings (SSSR count). The van der Waals surface area contributed by atoms with Gasteiger partial charge in [-0.1, -0.05) is 18.2 Å². The molecule has 0 spiro atoms. The number of aromatic nitrogens is 1. The third-order valence-electron chi connectivity index (χ3n) is 4.29. The molecule has 0 saturated carbocycles. The normalized spacial score (nSPS) is 10.3. The molecule has 0 radical (unpaired) electrons. The van der Waals surface area contributed by atoms with Crippen LogP contribution in [-0.4, -0.2) is 28.4 Å². The summed E-state index contributed by atoms with van der Waals surface area (Å²) < 4.78 is 4.81. The number of carbonyl (C=O) groups excluding carboxylic acids is 2. The SMILES string of the molecule is CCOC(=O)CCC(=O)c1nc(Cc2c(C)cccc2C)cc(C#N)c1O. The first kappa shape index (κ1) is 20.1. The molecule has 1 aromatic carbocycles. The highest BCUT2D eigenvalue weighted by molar-refractivity contribution is 5.98. The number of hydrogen-bond donors (Lipinski definition) is 1. The van der Waals surface area contributed by atoms with Gasteiger partial charge in [-0.05, 0) is 43.5 Å². The number of aromatic hydroxyl groups is 1. The van der Waals surface area contributed by atoms with Crippen molar-refractivity contribution >= 4 is 11.8 Å². The Hall–Kier alpha value is -3.20. The van der Waals surface area contributed by atoms with Crippen LogP contribution < -0.4 is 0 Å². The van der Waals surface area contributed by atoms with E-state index in [1.165, 1.54) is 6.07 Å². The highest BCUT2D eigenvalue weighted by Gasteiger charge is 2.20. The predicted octanol–water partition coefficient (Wildman–Crippen LogP) is 3.39. The van der Waals surface area contributed by atoms with Crippen molar-refractivity contribution in [3.63, 3.8) is 0 Å². The van der Waals surface area contributed by atoms with E-state index >= 15 is 0 Å². The topological polar surface area (TPSA) is 100 Å². The number of carbonyl (C=O) groups is 2. The Morgan fingerprint density at radius 1 is 1.22 bits per heavy atom. The number of ether oxygens (including phenoxy) is 1. The van der Waals surface area contributed by atoms with E-state index in [-0.39, 0.29) is 30.7 Å². The van der Waals surface area contributed by atoms with Gasteiger partial charge in [0.1, 0.15) is 11.8 Å². The van der Waals surface area contributed by atoms with Gasteiger partial charge in [0.2, 0.25) is 0 Å². The molecular weight excluding hydrogens is 344 g/mol. The number of rotatable bonds is 7. The Kier molecular flexibility index (Phi) is 6.67. The predicted molar refractivity (Wildman–Crippen MR) is 99.5 cm³/mol. The summed E-state index contributed by atoms with van der Waals surface area (Å²) in [5.74, 6) is -1.44. The zero-order valence-electron chi connectivity index (χ0n) is 15.7. The van der Waals surface area contributed by atoms with Gasteiger partial charge in [0.05, 0.1) is 18.6 Å². The number of pyridine rings is 1. The average Bonchev–Trinajstić information content (AvgIpc) is 2.64. The minimum Gasteiger partial charge on any atom is -0.504 e. The molecule has 6 nitrogen and oxygen atoms in total. The van der Waals surface area contributed by atoms with Crippen LogP contribution in [0.2, 0.25) is 0 Å². The fraction of sp³-hybridized carbons (Fsp3) is 0.333. The highest BCUT2D eigenvalue weighted by atomic mass is 16.5. The lowest BCUT2D eigenvalue weighted by atomic mass is 9.97. The highest BCUT2D eigenvalue weighted by Crippen LogP contribution is 2.25. The molecule has 1 N–H and O–H groups in total. The van der Waals surface area contributed by atoms with Crippen LogP contribution in [0.4, 0.5) is 0 Å². The third-order valence-corrected chi connectivity index (χ3v) is 4.29. The molecule has 0 fully saturated rings. The fourth-order valence-electron chi connectivity index (χ4n) is 2.84. The number of hydrogen-bond acceptors (Lipinski definition) is 6. The van der Waals surface area contributed by atoms with E-state index in [9.17, 15) is 20.0 Å². The minimum atomic E-state index is -0.500. The van der Waals surface area contributed by atoms with E-state index in [1.807, 2.05) is 38.1 Å². The lowest BCUT2D eigenvalue weighted by Gasteiger charge is -2.12. The van der Waals surface area contributed by atoms with Gasteiger partial charge in [-0.25, -0.2) is 4.98 Å². The van der Waals surface area contributed by atoms with E-state index in [2.05, 4.69) is 4.98 Å². The Morgan fingerprint density at radius 2 is 1.89 bits per heavy atom. The van der Waals surface area contributed by atoms with Gasteiger partial charge >= 0.3 is 5.97 Å². The molecule has 0 atom stereocenters. The van der Waals surface area contributed by atoms with Crippen molar-refractivity contribution in [2.24, 2.45) is 0 Å². The van der Waals surface area contributed by atoms with E-state index in [1.54, 1.807) is 6.92 Å². The second-order valence-corrected chi connectivity index (χ2v) is 6.25. The van der Waals surface area contributed by atoms with Crippen LogP contribution in [-0.2, 0) is 16.0 Å². The number of benzene rings is 1. The van der Waals surface area contributed by atoms with Crippen molar-refractivity contribution in [2.75, 3.05) is 6.61 Å². The largest absolute Gasteiger partial charge is 0.504 e. The smallest absolute Gasteiger partial charge is 0.306 e. The molecule has 0 unspecified atom stereocenters. The Labute approximate surface area is 158 Å². The second-order valence-electron chi connectivity index (χ2n) is 6.25. The zero-order chi connectivity index (χ0) is 20.0. The zero-order valence-corrected chi connectivity index (χ0v) is 15.7. The summed E-state index contributed by atoms with van der Waals surface area (Å²) in [6.45, 7) is 5.89. The molecule has 6 heteroatoms. The van der Waals surface area contributed by atoms with E-state index in [0.717, 1.165) is 16.7 Å². The quantitative estimate of drug-likeness (QED) is 0.595. The van der Waals surface area contributed by atoms with Crippen molar-refractivity contribution in [3.8, 4) is 11.8 Å². The molecule has 1 aromatic heterocycles. The molecule has 140 valence electrons. The number of nitrogens with zero attached hydrogens (tertiary/aromatic N) is 2. The molecule has 0 saturated heterocycles. The van der Waals surface area contributed by atoms with Gasteiger partial charge < -0.3 is 9.84 Å². The molecule has 0 aliphatic rings. The monoisotopic (exact) mass is 366 g/mol. The van der Waals surface area contributed by atoms with Crippen LogP contribution >= 0.6 is 0 Å². The molecule has 1 heterocycles. The third kappa shape index (κ3) is 4.91. The average molecular weight is 366 g/mol. The Morgan fingerprint density at radius 3 is 2.48 bits per heavy atom. The maximum Gasteiger partial charge on any atom is 0.306 e. The van der Waals surface area contributed by atoms with Crippen LogP contribution in [0.5, 0.6) is 5.75 Å². The summed E-state index contributed by atoms with van der Waals surface area (Å²) in [6, 6.07) is 9.32. The molecular formula is C21H22N2O4. The first-order valence-corrected chi connectivity index (χ1v) is 8.74. The summed E-state index contributed by atoms with van der Waals surface area (Å²) in [5, 5.41) is 19.5. The maximum absolute atomic E-state index is 12.4. The lowest BCUT2D eigenvalue weighted by Crippen LogP contribution is -2.11. The number of Topliss-reactive ketones (excluding diaryl/α,β-unsaturated/α-hetero) is 1. The first-order valence-electron chi connectivity index (χ1n) is 8.74. The van der Waals surface area contributed by atoms with Gasteiger partial charge in [-0.15, -0.1) is 0 Å². The van der Waals surface area contributed by atoms with Crippen LogP contribution in [0, 0.1) is 25.2 Å². The fourth-order valence-corrected chi connectivity index (χ4v) is 2.84. The maximum atomic E-state index is 12.4. The lowest BCUT2D eigenvalue weighted by molar-refractivity contribution is -0.143. The van der Waals surface area contributed by atoms with Gasteiger partial charge in [-0.2, -0.15) is 5.26 Å². The van der Waals surface area contributed by atoms with Crippen LogP contribution in [0.3, 0.4) is 0 Å². The summed E-state index contributed by atoms with van der Waals surface area (Å²) in [4.78, 5) is 28.2. The van der Waals surface area contributed by atoms with E-state index in [0.29, 0.717) is 12.1 Å². The molecule has 0 aliphatic carbocycles. The number of esters is 1. The second kappa shape index (κ2) is 8.95. The van der Waals surface area contributed by atoms with Gasteiger partial charge in [0, 0.05) is 18.5 Å². The summed E-state index contributed by atoms with van der Waals surface area (Å²) >= 11 is 0. The van der Waals surface area contributed by atoms with E-state index < -0.39 is 17.5 Å². The van der Waals surface area contributed by atoms with Gasteiger partial charge in [0.25, 0.3) is 0 Å². The van der Waals surface area contributed by atoms with Gasteiger partial charge in [0.15, 0.2) is 11.5 Å². The summed E-state index contributed by atoms with van der Waals surface area (Å²) in [5.41, 5.74) is 3.55. The van der Waals surface area contributed by atoms with Crippen molar-refractivity contribution in [1.82, 2.24) is 4.98 Å². The van der Waals surface area contributed by atoms with Crippen LogP contribution in [0.15, 0.2) is 24.3 Å². The number of ketones is 1. The van der Waals surface area contributed by atoms with Gasteiger partial charge in [-0.3, -0.25) is 9.59 Å². The summed E-state index contributed by atoms with van der Waals surface area (Å²) in [6.07, 6.45) is 0.194. The van der Waals surface area contributed by atoms with Crippen molar-refractivity contribution in [2.45, 2.75) is 40.0 Å². The van der Waals surface area contributed by atoms with Crippen molar-refractivity contribution in [1.29, 1.82) is 5.26 Å². The molecule has 0 aliphatic heterocycles. The first-order chi connectivity index (χ1) is 12.9. The van der Waals surface area contributed by atoms with Crippen molar-refractivity contribution in [3.05, 3.63) is 57.9 Å². The number of nitriles is 1. The molecule has 2 aromatic rings. The minimum absolute atomic E-state index is 0.00859. The molecule has 27 heavy (non-hydrogen) atoms. The van der Waals surface area contributed by atoms with Crippen LogP contribution in [0.1, 0.15) is 58.2 Å².